The van der Waals surface area contributed by atoms with Crippen LogP contribution in [-0.4, -0.2) is 39.1 Å². The largest absolute Gasteiger partial charge is 0.496 e. The van der Waals surface area contributed by atoms with Crippen LogP contribution in [0.1, 0.15) is 31.1 Å². The SMILES string of the molecule is COC(=O)c1ccc(NC(=O)c2ccccc2OC)cc1NC(=O)c1ccccc1OC. The van der Waals surface area contributed by atoms with E-state index in [0.29, 0.717) is 22.7 Å². The number of carbonyl (C=O) groups excluding carboxylic acids is 3. The molecule has 0 aliphatic carbocycles. The van der Waals surface area contributed by atoms with Crippen molar-refractivity contribution in [1.82, 2.24) is 0 Å². The molecule has 0 aliphatic rings. The van der Waals surface area contributed by atoms with Gasteiger partial charge < -0.3 is 24.8 Å². The van der Waals surface area contributed by atoms with Crippen molar-refractivity contribution in [3.05, 3.63) is 83.4 Å². The molecule has 0 saturated heterocycles. The van der Waals surface area contributed by atoms with Gasteiger partial charge >= 0.3 is 5.97 Å². The summed E-state index contributed by atoms with van der Waals surface area (Å²) in [5.41, 5.74) is 1.29. The lowest BCUT2D eigenvalue weighted by Crippen LogP contribution is -2.17. The average Bonchev–Trinajstić information content (AvgIpc) is 2.83. The van der Waals surface area contributed by atoms with Crippen LogP contribution in [0.25, 0.3) is 0 Å². The van der Waals surface area contributed by atoms with E-state index in [4.69, 9.17) is 14.2 Å². The normalized spacial score (nSPS) is 10.1. The molecule has 3 aromatic rings. The Bertz CT molecular complexity index is 1160. The van der Waals surface area contributed by atoms with Crippen molar-refractivity contribution in [2.75, 3.05) is 32.0 Å². The molecule has 3 rings (SSSR count). The van der Waals surface area contributed by atoms with Gasteiger partial charge in [0.05, 0.1) is 43.7 Å². The van der Waals surface area contributed by atoms with Crippen molar-refractivity contribution in [2.24, 2.45) is 0 Å². The molecule has 0 bridgehead atoms. The van der Waals surface area contributed by atoms with Crippen molar-refractivity contribution < 1.29 is 28.6 Å². The Labute approximate surface area is 185 Å². The molecule has 2 N–H and O–H groups in total. The number of anilines is 2. The predicted octanol–water partition coefficient (Wildman–Crippen LogP) is 4.00. The first-order chi connectivity index (χ1) is 15.5. The summed E-state index contributed by atoms with van der Waals surface area (Å²) in [5.74, 6) is -0.731. The molecule has 8 nitrogen and oxygen atoms in total. The van der Waals surface area contributed by atoms with Crippen molar-refractivity contribution in [3.8, 4) is 11.5 Å². The zero-order valence-corrected chi connectivity index (χ0v) is 17.8. The molecule has 3 aromatic carbocycles. The third kappa shape index (κ3) is 4.86. The van der Waals surface area contributed by atoms with Crippen molar-refractivity contribution >= 4 is 29.2 Å². The number of carbonyl (C=O) groups is 3. The number of rotatable bonds is 7. The number of nitrogens with one attached hydrogen (secondary N) is 2. The minimum Gasteiger partial charge on any atom is -0.496 e. The van der Waals surface area contributed by atoms with Gasteiger partial charge in [0.2, 0.25) is 0 Å². The number of hydrogen-bond donors (Lipinski definition) is 2. The molecule has 0 spiro atoms. The first-order valence-electron chi connectivity index (χ1n) is 9.59. The maximum Gasteiger partial charge on any atom is 0.339 e. The Balaban J connectivity index is 1.92. The Hall–Kier alpha value is -4.33. The lowest BCUT2D eigenvalue weighted by molar-refractivity contribution is 0.0602. The van der Waals surface area contributed by atoms with Crippen LogP contribution in [0.4, 0.5) is 11.4 Å². The average molecular weight is 434 g/mol. The molecule has 0 fully saturated rings. The van der Waals surface area contributed by atoms with Gasteiger partial charge in [0.1, 0.15) is 11.5 Å². The molecule has 164 valence electrons. The van der Waals surface area contributed by atoms with E-state index in [2.05, 4.69) is 10.6 Å². The summed E-state index contributed by atoms with van der Waals surface area (Å²) in [6, 6.07) is 17.9. The molecule has 0 aromatic heterocycles. The van der Waals surface area contributed by atoms with Gasteiger partial charge in [-0.25, -0.2) is 4.79 Å². The van der Waals surface area contributed by atoms with E-state index < -0.39 is 17.8 Å². The molecule has 8 heteroatoms. The Morgan fingerprint density at radius 2 is 1.19 bits per heavy atom. The van der Waals surface area contributed by atoms with E-state index in [1.54, 1.807) is 54.6 Å². The number of benzene rings is 3. The summed E-state index contributed by atoms with van der Waals surface area (Å²) in [5, 5.41) is 5.44. The summed E-state index contributed by atoms with van der Waals surface area (Å²) in [7, 11) is 4.17. The fourth-order valence-corrected chi connectivity index (χ4v) is 3.07. The monoisotopic (exact) mass is 434 g/mol. The zero-order valence-electron chi connectivity index (χ0n) is 17.8. The first-order valence-corrected chi connectivity index (χ1v) is 9.59. The molecule has 0 atom stereocenters. The standard InChI is InChI=1S/C24H22N2O6/c1-30-20-10-6-4-8-17(20)22(27)25-15-12-13-16(24(29)32-3)19(14-15)26-23(28)18-9-5-7-11-21(18)31-2/h4-14H,1-3H3,(H,25,27)(H,26,28). The molecular weight excluding hydrogens is 412 g/mol. The van der Waals surface area contributed by atoms with Crippen molar-refractivity contribution in [2.45, 2.75) is 0 Å². The van der Waals surface area contributed by atoms with Crippen LogP contribution >= 0.6 is 0 Å². The zero-order chi connectivity index (χ0) is 23.1. The van der Waals surface area contributed by atoms with Gasteiger partial charge in [-0.1, -0.05) is 24.3 Å². The predicted molar refractivity (Wildman–Crippen MR) is 120 cm³/mol. The molecule has 0 unspecified atom stereocenters. The second-order valence-corrected chi connectivity index (χ2v) is 6.56. The third-order valence-corrected chi connectivity index (χ3v) is 4.63. The van der Waals surface area contributed by atoms with Gasteiger partial charge in [0, 0.05) is 5.69 Å². The molecule has 0 heterocycles. The van der Waals surface area contributed by atoms with E-state index in [9.17, 15) is 14.4 Å². The van der Waals surface area contributed by atoms with Crippen LogP contribution in [0.15, 0.2) is 66.7 Å². The maximum absolute atomic E-state index is 12.8. The van der Waals surface area contributed by atoms with Crippen LogP contribution in [0.3, 0.4) is 0 Å². The minimum absolute atomic E-state index is 0.131. The first kappa shape index (κ1) is 22.4. The molecule has 0 radical (unpaired) electrons. The molecule has 0 aliphatic heterocycles. The summed E-state index contributed by atoms with van der Waals surface area (Å²) < 4.78 is 15.3. The number of amides is 2. The summed E-state index contributed by atoms with van der Waals surface area (Å²) in [6.45, 7) is 0. The van der Waals surface area contributed by atoms with Crippen molar-refractivity contribution in [1.29, 1.82) is 0 Å². The molecule has 0 saturated carbocycles. The van der Waals surface area contributed by atoms with Crippen LogP contribution in [0.5, 0.6) is 11.5 Å². The highest BCUT2D eigenvalue weighted by molar-refractivity contribution is 6.11. The fourth-order valence-electron chi connectivity index (χ4n) is 3.07. The van der Waals surface area contributed by atoms with Gasteiger partial charge in [-0.15, -0.1) is 0 Å². The highest BCUT2D eigenvalue weighted by Crippen LogP contribution is 2.26. The van der Waals surface area contributed by atoms with Crippen LogP contribution in [0, 0.1) is 0 Å². The smallest absolute Gasteiger partial charge is 0.339 e. The van der Waals surface area contributed by atoms with Crippen LogP contribution < -0.4 is 20.1 Å². The molecule has 2 amide bonds. The van der Waals surface area contributed by atoms with Gasteiger partial charge in [-0.2, -0.15) is 0 Å². The Kier molecular flexibility index (Phi) is 7.07. The number of esters is 1. The van der Waals surface area contributed by atoms with Gasteiger partial charge in [-0.05, 0) is 42.5 Å². The van der Waals surface area contributed by atoms with Gasteiger partial charge in [-0.3, -0.25) is 9.59 Å². The molecule has 32 heavy (non-hydrogen) atoms. The second kappa shape index (κ2) is 10.1. The quantitative estimate of drug-likeness (QED) is 0.545. The molecular formula is C24H22N2O6. The second-order valence-electron chi connectivity index (χ2n) is 6.56. The topological polar surface area (TPSA) is 103 Å². The summed E-state index contributed by atoms with van der Waals surface area (Å²) in [6.07, 6.45) is 0. The van der Waals surface area contributed by atoms with Crippen molar-refractivity contribution in [3.63, 3.8) is 0 Å². The Morgan fingerprint density at radius 1 is 0.656 bits per heavy atom. The number of ether oxygens (including phenoxy) is 3. The van der Waals surface area contributed by atoms with E-state index in [0.717, 1.165) is 0 Å². The van der Waals surface area contributed by atoms with E-state index in [1.165, 1.54) is 33.5 Å². The van der Waals surface area contributed by atoms with Gasteiger partial charge in [0.25, 0.3) is 11.8 Å². The van der Waals surface area contributed by atoms with Gasteiger partial charge in [0.15, 0.2) is 0 Å². The highest BCUT2D eigenvalue weighted by atomic mass is 16.5. The van der Waals surface area contributed by atoms with E-state index >= 15 is 0 Å². The summed E-state index contributed by atoms with van der Waals surface area (Å²) in [4.78, 5) is 37.8. The van der Waals surface area contributed by atoms with Crippen LogP contribution in [-0.2, 0) is 4.74 Å². The lowest BCUT2D eigenvalue weighted by Gasteiger charge is -2.14. The Morgan fingerprint density at radius 3 is 1.72 bits per heavy atom. The van der Waals surface area contributed by atoms with E-state index in [1.807, 2.05) is 0 Å². The highest BCUT2D eigenvalue weighted by Gasteiger charge is 2.19. The maximum atomic E-state index is 12.8. The summed E-state index contributed by atoms with van der Waals surface area (Å²) >= 11 is 0. The van der Waals surface area contributed by atoms with E-state index in [-0.39, 0.29) is 16.8 Å². The third-order valence-electron chi connectivity index (χ3n) is 4.63. The lowest BCUT2D eigenvalue weighted by atomic mass is 10.1. The number of methoxy groups -OCH3 is 3. The fraction of sp³-hybridized carbons (Fsp3) is 0.125. The number of para-hydroxylation sites is 2. The van der Waals surface area contributed by atoms with Crippen LogP contribution in [0.2, 0.25) is 0 Å². The minimum atomic E-state index is -0.636. The number of hydrogen-bond acceptors (Lipinski definition) is 6.